The van der Waals surface area contributed by atoms with Gasteiger partial charge in [0.1, 0.15) is 0 Å². The first kappa shape index (κ1) is 25.3. The first-order valence-corrected chi connectivity index (χ1v) is 10.5. The predicted octanol–water partition coefficient (Wildman–Crippen LogP) is -1.01. The third kappa shape index (κ3) is 8.31. The molecule has 2 aromatic rings. The highest BCUT2D eigenvalue weighted by Crippen LogP contribution is 2.14. The van der Waals surface area contributed by atoms with Crippen molar-refractivity contribution in [2.45, 2.75) is 38.5 Å². The fourth-order valence-electron chi connectivity index (χ4n) is 3.10. The standard InChI is InChI=1S/C22H30N4O6/c1-17(27)31-15-9-23-21(29)19(25-11-5-3-6-12-25)20(26-13-7-4-8-14-26)22(30)24-10-16-32-18(2)28/h3-8,11-14,17-20,27-28H,9-10,15-16H2,1-2H3/p+2. The van der Waals surface area contributed by atoms with Gasteiger partial charge in [-0.05, 0) is 13.8 Å². The molecule has 0 spiro atoms. The quantitative estimate of drug-likeness (QED) is 0.177. The molecule has 2 rings (SSSR count). The Bertz CT molecular complexity index is 750. The van der Waals surface area contributed by atoms with Crippen LogP contribution in [0.4, 0.5) is 0 Å². The van der Waals surface area contributed by atoms with Gasteiger partial charge < -0.3 is 30.3 Å². The minimum atomic E-state index is -0.937. The van der Waals surface area contributed by atoms with Crippen molar-refractivity contribution >= 4 is 11.8 Å². The van der Waals surface area contributed by atoms with Crippen molar-refractivity contribution in [3.05, 3.63) is 61.2 Å². The predicted molar refractivity (Wildman–Crippen MR) is 113 cm³/mol. The molecule has 10 nitrogen and oxygen atoms in total. The topological polar surface area (TPSA) is 125 Å². The summed E-state index contributed by atoms with van der Waals surface area (Å²) in [5, 5.41) is 24.0. The fourth-order valence-corrected chi connectivity index (χ4v) is 3.10. The van der Waals surface area contributed by atoms with E-state index in [1.54, 1.807) is 58.2 Å². The van der Waals surface area contributed by atoms with Crippen LogP contribution in [-0.2, 0) is 19.1 Å². The molecule has 0 aliphatic carbocycles. The number of carbonyl (C=O) groups is 2. The molecule has 0 bridgehead atoms. The average molecular weight is 449 g/mol. The lowest BCUT2D eigenvalue weighted by molar-refractivity contribution is -0.796. The third-order valence-electron chi connectivity index (χ3n) is 4.48. The Kier molecular flexibility index (Phi) is 10.7. The van der Waals surface area contributed by atoms with Crippen LogP contribution >= 0.6 is 0 Å². The van der Waals surface area contributed by atoms with Crippen LogP contribution in [0.25, 0.3) is 0 Å². The van der Waals surface area contributed by atoms with Crippen molar-refractivity contribution in [2.75, 3.05) is 26.3 Å². The molecule has 0 radical (unpaired) electrons. The number of amides is 2. The summed E-state index contributed by atoms with van der Waals surface area (Å²) in [6.07, 6.45) is 5.00. The smallest absolute Gasteiger partial charge is 0.306 e. The minimum absolute atomic E-state index is 0.127. The maximum absolute atomic E-state index is 13.2. The summed E-state index contributed by atoms with van der Waals surface area (Å²) in [4.78, 5) is 26.5. The lowest BCUT2D eigenvalue weighted by Crippen LogP contribution is -2.62. The highest BCUT2D eigenvalue weighted by atomic mass is 16.6. The second-order valence-electron chi connectivity index (χ2n) is 7.06. The van der Waals surface area contributed by atoms with Crippen molar-refractivity contribution in [3.63, 3.8) is 0 Å². The van der Waals surface area contributed by atoms with E-state index in [1.165, 1.54) is 13.8 Å². The molecule has 0 aliphatic heterocycles. The van der Waals surface area contributed by atoms with E-state index in [0.717, 1.165) is 0 Å². The molecule has 4 atom stereocenters. The van der Waals surface area contributed by atoms with Gasteiger partial charge in [-0.3, -0.25) is 9.59 Å². The van der Waals surface area contributed by atoms with E-state index in [9.17, 15) is 19.8 Å². The van der Waals surface area contributed by atoms with Crippen molar-refractivity contribution in [2.24, 2.45) is 0 Å². The molecule has 2 amide bonds. The number of aliphatic hydroxyl groups excluding tert-OH is 2. The zero-order valence-corrected chi connectivity index (χ0v) is 18.3. The molecular formula is C22H32N4O6+2. The van der Waals surface area contributed by atoms with Crippen LogP contribution in [0.1, 0.15) is 25.9 Å². The van der Waals surface area contributed by atoms with E-state index in [2.05, 4.69) is 10.6 Å². The van der Waals surface area contributed by atoms with Crippen LogP contribution in [-0.4, -0.2) is 60.9 Å². The fraction of sp³-hybridized carbons (Fsp3) is 0.455. The van der Waals surface area contributed by atoms with Gasteiger partial charge in [0.05, 0.1) is 13.2 Å². The molecule has 0 saturated heterocycles. The number of ether oxygens (including phenoxy) is 2. The molecule has 174 valence electrons. The molecular weight excluding hydrogens is 416 g/mol. The first-order valence-electron chi connectivity index (χ1n) is 10.5. The van der Waals surface area contributed by atoms with Gasteiger partial charge >= 0.3 is 12.1 Å². The molecule has 0 aliphatic rings. The van der Waals surface area contributed by atoms with Crippen molar-refractivity contribution in [1.82, 2.24) is 10.6 Å². The summed E-state index contributed by atoms with van der Waals surface area (Å²) in [5.41, 5.74) is 0. The van der Waals surface area contributed by atoms with Gasteiger partial charge in [0.15, 0.2) is 37.4 Å². The molecule has 2 aromatic heterocycles. The average Bonchev–Trinajstić information content (AvgIpc) is 2.78. The lowest BCUT2D eigenvalue weighted by atomic mass is 10.0. The Labute approximate surface area is 187 Å². The van der Waals surface area contributed by atoms with Gasteiger partial charge in [-0.1, -0.05) is 12.1 Å². The number of aromatic nitrogens is 2. The zero-order chi connectivity index (χ0) is 23.3. The maximum atomic E-state index is 13.2. The number of nitrogens with one attached hydrogen (secondary N) is 2. The molecule has 32 heavy (non-hydrogen) atoms. The summed E-state index contributed by atoms with van der Waals surface area (Å²) < 4.78 is 13.5. The number of rotatable bonds is 13. The second kappa shape index (κ2) is 13.5. The first-order chi connectivity index (χ1) is 15.4. The largest absolute Gasteiger partial charge is 0.368 e. The number of pyridine rings is 2. The van der Waals surface area contributed by atoms with Crippen molar-refractivity contribution in [1.29, 1.82) is 0 Å². The zero-order valence-electron chi connectivity index (χ0n) is 18.3. The number of hydrogen-bond donors (Lipinski definition) is 4. The van der Waals surface area contributed by atoms with Crippen molar-refractivity contribution < 1.29 is 38.4 Å². The number of hydrogen-bond acceptors (Lipinski definition) is 6. The van der Waals surface area contributed by atoms with E-state index < -0.39 is 24.7 Å². The van der Waals surface area contributed by atoms with Gasteiger partial charge in [0, 0.05) is 37.4 Å². The Hall–Kier alpha value is -2.92. The molecule has 10 heteroatoms. The molecule has 0 saturated carbocycles. The van der Waals surface area contributed by atoms with Crippen LogP contribution in [0.3, 0.4) is 0 Å². The monoisotopic (exact) mass is 448 g/mol. The SMILES string of the molecule is CC(O)OCCNC(=O)C(C(C(=O)NCCOC(C)O)[n+]1ccccc1)[n+]1ccccc1. The number of aliphatic hydroxyl groups is 2. The molecule has 2 heterocycles. The Balaban J connectivity index is 2.28. The summed E-state index contributed by atoms with van der Waals surface area (Å²) >= 11 is 0. The Morgan fingerprint density at radius 1 is 0.719 bits per heavy atom. The van der Waals surface area contributed by atoms with E-state index in [-0.39, 0.29) is 38.1 Å². The summed E-state index contributed by atoms with van der Waals surface area (Å²) in [7, 11) is 0. The highest BCUT2D eigenvalue weighted by Gasteiger charge is 2.47. The third-order valence-corrected chi connectivity index (χ3v) is 4.48. The summed E-state index contributed by atoms with van der Waals surface area (Å²) in [6.45, 7) is 3.56. The number of carbonyl (C=O) groups excluding carboxylic acids is 2. The van der Waals surface area contributed by atoms with Gasteiger partial charge in [0.25, 0.3) is 11.8 Å². The van der Waals surface area contributed by atoms with Crippen LogP contribution in [0, 0.1) is 0 Å². The molecule has 0 aromatic carbocycles. The van der Waals surface area contributed by atoms with Gasteiger partial charge in [0.2, 0.25) is 0 Å². The second-order valence-corrected chi connectivity index (χ2v) is 7.06. The Morgan fingerprint density at radius 3 is 1.38 bits per heavy atom. The van der Waals surface area contributed by atoms with Crippen LogP contribution in [0.5, 0.6) is 0 Å². The minimum Gasteiger partial charge on any atom is -0.368 e. The molecule has 4 unspecified atom stereocenters. The normalized spacial score (nSPS) is 14.8. The van der Waals surface area contributed by atoms with Crippen molar-refractivity contribution in [3.8, 4) is 0 Å². The molecule has 0 fully saturated rings. The van der Waals surface area contributed by atoms with E-state index in [4.69, 9.17) is 9.47 Å². The van der Waals surface area contributed by atoms with Gasteiger partial charge in [-0.25, -0.2) is 0 Å². The van der Waals surface area contributed by atoms with Gasteiger partial charge in [-0.15, -0.1) is 0 Å². The van der Waals surface area contributed by atoms with Crippen LogP contribution in [0.15, 0.2) is 61.2 Å². The summed E-state index contributed by atoms with van der Waals surface area (Å²) in [5.74, 6) is -0.765. The highest BCUT2D eigenvalue weighted by molar-refractivity contribution is 5.87. The molecule has 4 N–H and O–H groups in total. The van der Waals surface area contributed by atoms with Crippen LogP contribution < -0.4 is 19.8 Å². The maximum Gasteiger partial charge on any atom is 0.306 e. The van der Waals surface area contributed by atoms with E-state index in [1.807, 2.05) is 12.1 Å². The lowest BCUT2D eigenvalue weighted by Gasteiger charge is -2.19. The van der Waals surface area contributed by atoms with E-state index >= 15 is 0 Å². The summed E-state index contributed by atoms with van der Waals surface area (Å²) in [6, 6.07) is 8.92. The Morgan fingerprint density at radius 2 is 1.06 bits per heavy atom. The number of nitrogens with zero attached hydrogens (tertiary/aromatic N) is 2. The van der Waals surface area contributed by atoms with Crippen LogP contribution in [0.2, 0.25) is 0 Å². The van der Waals surface area contributed by atoms with E-state index in [0.29, 0.717) is 0 Å². The van der Waals surface area contributed by atoms with Gasteiger partial charge in [-0.2, -0.15) is 9.13 Å².